The molecule has 0 N–H and O–H groups in total. The molecule has 3 aromatic rings. The van der Waals surface area contributed by atoms with Gasteiger partial charge in [-0.2, -0.15) is 5.26 Å². The van der Waals surface area contributed by atoms with Crippen LogP contribution in [0.25, 0.3) is 22.9 Å². The quantitative estimate of drug-likeness (QED) is 0.618. The summed E-state index contributed by atoms with van der Waals surface area (Å²) in [4.78, 5) is 4.62. The highest BCUT2D eigenvalue weighted by molar-refractivity contribution is 7.11. The summed E-state index contributed by atoms with van der Waals surface area (Å²) in [7, 11) is 1.63. The molecule has 0 aliphatic carbocycles. The Bertz CT molecular complexity index is 917. The first kappa shape index (κ1) is 16.0. The maximum Gasteiger partial charge on any atom is 0.134 e. The molecule has 0 saturated carbocycles. The van der Waals surface area contributed by atoms with Gasteiger partial charge in [0, 0.05) is 10.9 Å². The second-order valence-corrected chi connectivity index (χ2v) is 6.21. The first-order valence-corrected chi connectivity index (χ1v) is 8.36. The van der Waals surface area contributed by atoms with Crippen LogP contribution in [0, 0.1) is 18.3 Å². The zero-order chi connectivity index (χ0) is 16.9. The van der Waals surface area contributed by atoms with E-state index in [9.17, 15) is 5.26 Å². The summed E-state index contributed by atoms with van der Waals surface area (Å²) in [6, 6.07) is 18.1. The summed E-state index contributed by atoms with van der Waals surface area (Å²) in [6.07, 6.45) is 1.83. The Morgan fingerprint density at radius 3 is 2.71 bits per heavy atom. The van der Waals surface area contributed by atoms with Crippen molar-refractivity contribution in [2.45, 2.75) is 6.92 Å². The molecule has 0 aliphatic heterocycles. The summed E-state index contributed by atoms with van der Waals surface area (Å²) >= 11 is 1.48. The van der Waals surface area contributed by atoms with Crippen LogP contribution in [0.1, 0.15) is 16.1 Å². The number of benzene rings is 2. The van der Waals surface area contributed by atoms with Gasteiger partial charge in [-0.1, -0.05) is 42.0 Å². The lowest BCUT2D eigenvalue weighted by molar-refractivity contribution is 0.414. The van der Waals surface area contributed by atoms with E-state index in [-0.39, 0.29) is 0 Å². The number of aryl methyl sites for hydroxylation is 1. The molecule has 2 aromatic carbocycles. The van der Waals surface area contributed by atoms with Crippen LogP contribution in [0.2, 0.25) is 0 Å². The molecule has 0 unspecified atom stereocenters. The van der Waals surface area contributed by atoms with Crippen molar-refractivity contribution in [2.75, 3.05) is 7.11 Å². The minimum Gasteiger partial charge on any atom is -0.497 e. The Kier molecular flexibility index (Phi) is 4.74. The third kappa shape index (κ3) is 3.53. The second kappa shape index (κ2) is 7.12. The normalized spacial score (nSPS) is 11.1. The van der Waals surface area contributed by atoms with E-state index in [4.69, 9.17) is 4.74 Å². The van der Waals surface area contributed by atoms with E-state index in [0.29, 0.717) is 5.57 Å². The smallest absolute Gasteiger partial charge is 0.134 e. The molecule has 0 spiro atoms. The van der Waals surface area contributed by atoms with Gasteiger partial charge in [0.05, 0.1) is 18.4 Å². The van der Waals surface area contributed by atoms with Gasteiger partial charge in [-0.05, 0) is 30.7 Å². The average molecular weight is 332 g/mol. The molecular formula is C20H16N2OS. The number of aromatic nitrogens is 1. The molecule has 4 heteroatoms. The Morgan fingerprint density at radius 2 is 2.00 bits per heavy atom. The summed E-state index contributed by atoms with van der Waals surface area (Å²) < 4.78 is 5.22. The standard InChI is InChI=1S/C20H16N2OS/c1-14-6-8-16(9-7-14)19-13-24-20(22-19)17(12-21)10-15-4-3-5-18(11-15)23-2/h3-11,13H,1-2H3. The first-order chi connectivity index (χ1) is 11.7. The van der Waals surface area contributed by atoms with Crippen LogP contribution in [0.3, 0.4) is 0 Å². The van der Waals surface area contributed by atoms with Crippen molar-refractivity contribution in [2.24, 2.45) is 0 Å². The molecule has 24 heavy (non-hydrogen) atoms. The third-order valence-corrected chi connectivity index (χ3v) is 4.48. The monoisotopic (exact) mass is 332 g/mol. The van der Waals surface area contributed by atoms with Crippen LogP contribution in [-0.4, -0.2) is 12.1 Å². The number of thiazole rings is 1. The summed E-state index contributed by atoms with van der Waals surface area (Å²) in [6.45, 7) is 2.06. The van der Waals surface area contributed by atoms with Crippen LogP contribution < -0.4 is 4.74 Å². The molecule has 0 bridgehead atoms. The Balaban J connectivity index is 1.93. The molecule has 3 rings (SSSR count). The first-order valence-electron chi connectivity index (χ1n) is 7.48. The highest BCUT2D eigenvalue weighted by Gasteiger charge is 2.09. The number of hydrogen-bond donors (Lipinski definition) is 0. The highest BCUT2D eigenvalue weighted by atomic mass is 32.1. The SMILES string of the molecule is COc1cccc(C=C(C#N)c2nc(-c3ccc(C)cc3)cs2)c1. The highest BCUT2D eigenvalue weighted by Crippen LogP contribution is 2.27. The Labute approximate surface area is 145 Å². The largest absolute Gasteiger partial charge is 0.497 e. The molecular weight excluding hydrogens is 316 g/mol. The summed E-state index contributed by atoms with van der Waals surface area (Å²) in [5.74, 6) is 0.764. The fourth-order valence-electron chi connectivity index (χ4n) is 2.29. The third-order valence-electron chi connectivity index (χ3n) is 3.61. The average Bonchev–Trinajstić information content (AvgIpc) is 3.10. The van der Waals surface area contributed by atoms with Crippen molar-refractivity contribution in [3.05, 3.63) is 70.0 Å². The number of nitriles is 1. The molecule has 0 aliphatic rings. The zero-order valence-corrected chi connectivity index (χ0v) is 14.3. The van der Waals surface area contributed by atoms with Crippen molar-refractivity contribution in [1.82, 2.24) is 4.98 Å². The van der Waals surface area contributed by atoms with Crippen molar-refractivity contribution in [3.8, 4) is 23.1 Å². The van der Waals surface area contributed by atoms with Gasteiger partial charge in [-0.3, -0.25) is 0 Å². The van der Waals surface area contributed by atoms with E-state index in [1.807, 2.05) is 47.9 Å². The molecule has 1 aromatic heterocycles. The van der Waals surface area contributed by atoms with Crippen molar-refractivity contribution in [3.63, 3.8) is 0 Å². The van der Waals surface area contributed by atoms with Crippen molar-refractivity contribution in [1.29, 1.82) is 5.26 Å². The van der Waals surface area contributed by atoms with Crippen LogP contribution in [-0.2, 0) is 0 Å². The van der Waals surface area contributed by atoms with Crippen LogP contribution in [0.5, 0.6) is 5.75 Å². The lowest BCUT2D eigenvalue weighted by Gasteiger charge is -2.01. The summed E-state index contributed by atoms with van der Waals surface area (Å²) in [5.41, 5.74) is 4.62. The van der Waals surface area contributed by atoms with Crippen molar-refractivity contribution >= 4 is 23.0 Å². The van der Waals surface area contributed by atoms with E-state index >= 15 is 0 Å². The molecule has 118 valence electrons. The predicted molar refractivity (Wildman–Crippen MR) is 98.8 cm³/mol. The minimum atomic E-state index is 0.548. The zero-order valence-electron chi connectivity index (χ0n) is 13.5. The Hall–Kier alpha value is -2.90. The number of ether oxygens (including phenoxy) is 1. The topological polar surface area (TPSA) is 45.9 Å². The maximum absolute atomic E-state index is 9.50. The molecule has 3 nitrogen and oxygen atoms in total. The van der Waals surface area contributed by atoms with Crippen LogP contribution >= 0.6 is 11.3 Å². The number of nitrogens with zero attached hydrogens (tertiary/aromatic N) is 2. The van der Waals surface area contributed by atoms with Gasteiger partial charge < -0.3 is 4.74 Å². The molecule has 0 amide bonds. The van der Waals surface area contributed by atoms with Crippen molar-refractivity contribution < 1.29 is 4.74 Å². The van der Waals surface area contributed by atoms with Gasteiger partial charge in [-0.25, -0.2) is 4.98 Å². The minimum absolute atomic E-state index is 0.548. The van der Waals surface area contributed by atoms with E-state index in [1.54, 1.807) is 7.11 Å². The summed E-state index contributed by atoms with van der Waals surface area (Å²) in [5, 5.41) is 12.2. The van der Waals surface area contributed by atoms with E-state index in [1.165, 1.54) is 16.9 Å². The fraction of sp³-hybridized carbons (Fsp3) is 0.100. The van der Waals surface area contributed by atoms with Gasteiger partial charge in [0.25, 0.3) is 0 Å². The fourth-order valence-corrected chi connectivity index (χ4v) is 3.09. The molecule has 0 fully saturated rings. The van der Waals surface area contributed by atoms with Crippen LogP contribution in [0.15, 0.2) is 53.9 Å². The lowest BCUT2D eigenvalue weighted by Crippen LogP contribution is -1.85. The van der Waals surface area contributed by atoms with Crippen LogP contribution in [0.4, 0.5) is 0 Å². The van der Waals surface area contributed by atoms with Gasteiger partial charge in [0.15, 0.2) is 0 Å². The Morgan fingerprint density at radius 1 is 1.21 bits per heavy atom. The number of hydrogen-bond acceptors (Lipinski definition) is 4. The van der Waals surface area contributed by atoms with Gasteiger partial charge >= 0.3 is 0 Å². The van der Waals surface area contributed by atoms with E-state index in [2.05, 4.69) is 30.1 Å². The number of methoxy groups -OCH3 is 1. The molecule has 0 saturated heterocycles. The number of rotatable bonds is 4. The van der Waals surface area contributed by atoms with Gasteiger partial charge in [-0.15, -0.1) is 11.3 Å². The lowest BCUT2D eigenvalue weighted by atomic mass is 10.1. The predicted octanol–water partition coefficient (Wildman–Crippen LogP) is 5.19. The molecule has 0 radical (unpaired) electrons. The van der Waals surface area contributed by atoms with E-state index < -0.39 is 0 Å². The maximum atomic E-state index is 9.50. The van der Waals surface area contributed by atoms with Gasteiger partial charge in [0.1, 0.15) is 16.8 Å². The van der Waals surface area contributed by atoms with Gasteiger partial charge in [0.2, 0.25) is 0 Å². The number of allylic oxidation sites excluding steroid dienone is 1. The molecule has 0 atom stereocenters. The molecule has 1 heterocycles. The second-order valence-electron chi connectivity index (χ2n) is 5.35. The van der Waals surface area contributed by atoms with E-state index in [0.717, 1.165) is 27.6 Å².